The summed E-state index contributed by atoms with van der Waals surface area (Å²) in [6.07, 6.45) is 0. The van der Waals surface area contributed by atoms with E-state index in [1.807, 2.05) is 44.2 Å². The van der Waals surface area contributed by atoms with E-state index in [-0.39, 0.29) is 17.9 Å². The maximum atomic E-state index is 12.3. The molecule has 0 aliphatic rings. The first-order valence-corrected chi connectivity index (χ1v) is 8.18. The number of carbonyl (C=O) groups excluding carboxylic acids is 2. The summed E-state index contributed by atoms with van der Waals surface area (Å²) >= 11 is 6.14. The monoisotopic (exact) mass is 344 g/mol. The third-order valence-corrected chi connectivity index (χ3v) is 4.10. The number of benzene rings is 2. The van der Waals surface area contributed by atoms with Crippen LogP contribution in [0.25, 0.3) is 0 Å². The minimum absolute atomic E-state index is 0.246. The molecule has 2 N–H and O–H groups in total. The van der Waals surface area contributed by atoms with Crippen LogP contribution in [0.5, 0.6) is 0 Å². The molecule has 0 heterocycles. The molecular weight excluding hydrogens is 324 g/mol. The van der Waals surface area contributed by atoms with Crippen LogP contribution in [0.2, 0.25) is 5.02 Å². The van der Waals surface area contributed by atoms with Crippen molar-refractivity contribution in [2.75, 3.05) is 0 Å². The van der Waals surface area contributed by atoms with Crippen LogP contribution >= 0.6 is 11.6 Å². The van der Waals surface area contributed by atoms with Crippen LogP contribution in [0.3, 0.4) is 0 Å². The van der Waals surface area contributed by atoms with Crippen molar-refractivity contribution in [3.8, 4) is 0 Å². The fourth-order valence-corrected chi connectivity index (χ4v) is 2.67. The van der Waals surface area contributed by atoms with Crippen molar-refractivity contribution in [2.24, 2.45) is 0 Å². The van der Waals surface area contributed by atoms with Crippen molar-refractivity contribution >= 4 is 23.4 Å². The van der Waals surface area contributed by atoms with Crippen LogP contribution in [0.15, 0.2) is 48.5 Å². The van der Waals surface area contributed by atoms with Gasteiger partial charge in [-0.3, -0.25) is 9.59 Å². The Labute approximate surface area is 147 Å². The van der Waals surface area contributed by atoms with E-state index in [9.17, 15) is 9.59 Å². The van der Waals surface area contributed by atoms with Gasteiger partial charge in [-0.2, -0.15) is 0 Å². The lowest BCUT2D eigenvalue weighted by Gasteiger charge is -2.19. The molecule has 24 heavy (non-hydrogen) atoms. The SMILES string of the molecule is Cc1cccc(C(=O)NC(C)C(=O)NC(C)c2ccccc2Cl)c1. The van der Waals surface area contributed by atoms with E-state index in [2.05, 4.69) is 10.6 Å². The highest BCUT2D eigenvalue weighted by atomic mass is 35.5. The number of rotatable bonds is 5. The summed E-state index contributed by atoms with van der Waals surface area (Å²) in [5, 5.41) is 6.18. The number of aryl methyl sites for hydroxylation is 1. The predicted octanol–water partition coefficient (Wildman–Crippen LogP) is 3.64. The molecule has 2 rings (SSSR count). The van der Waals surface area contributed by atoms with Gasteiger partial charge < -0.3 is 10.6 Å². The first kappa shape index (κ1) is 18.0. The smallest absolute Gasteiger partial charge is 0.251 e. The second-order valence-electron chi connectivity index (χ2n) is 5.82. The lowest BCUT2D eigenvalue weighted by molar-refractivity contribution is -0.123. The van der Waals surface area contributed by atoms with Crippen molar-refractivity contribution in [3.63, 3.8) is 0 Å². The van der Waals surface area contributed by atoms with Crippen molar-refractivity contribution in [1.82, 2.24) is 10.6 Å². The molecule has 0 radical (unpaired) electrons. The summed E-state index contributed by atoms with van der Waals surface area (Å²) in [5.41, 5.74) is 2.37. The summed E-state index contributed by atoms with van der Waals surface area (Å²) in [6, 6.07) is 13.7. The maximum absolute atomic E-state index is 12.3. The van der Waals surface area contributed by atoms with E-state index in [4.69, 9.17) is 11.6 Å². The van der Waals surface area contributed by atoms with Crippen molar-refractivity contribution in [1.29, 1.82) is 0 Å². The molecule has 126 valence electrons. The fourth-order valence-electron chi connectivity index (χ4n) is 2.37. The van der Waals surface area contributed by atoms with Crippen molar-refractivity contribution < 1.29 is 9.59 Å². The predicted molar refractivity (Wildman–Crippen MR) is 96.1 cm³/mol. The van der Waals surface area contributed by atoms with E-state index in [0.29, 0.717) is 10.6 Å². The Morgan fingerprint density at radius 1 is 1.00 bits per heavy atom. The number of halogens is 1. The van der Waals surface area contributed by atoms with Crippen LogP contribution in [0.1, 0.15) is 41.4 Å². The third kappa shape index (κ3) is 4.59. The van der Waals surface area contributed by atoms with Crippen molar-refractivity contribution in [2.45, 2.75) is 32.9 Å². The fraction of sp³-hybridized carbons (Fsp3) is 0.263. The molecule has 2 atom stereocenters. The quantitative estimate of drug-likeness (QED) is 0.870. The van der Waals surface area contributed by atoms with Gasteiger partial charge in [0.15, 0.2) is 0 Å². The molecule has 2 aromatic carbocycles. The van der Waals surface area contributed by atoms with Crippen LogP contribution in [-0.2, 0) is 4.79 Å². The number of amides is 2. The topological polar surface area (TPSA) is 58.2 Å². The standard InChI is InChI=1S/C19H21ClN2O2/c1-12-7-6-8-15(11-12)19(24)22-14(3)18(23)21-13(2)16-9-4-5-10-17(16)20/h4-11,13-14H,1-3H3,(H,21,23)(H,22,24). The lowest BCUT2D eigenvalue weighted by Crippen LogP contribution is -2.45. The van der Waals surface area contributed by atoms with Gasteiger partial charge in [-0.1, -0.05) is 47.5 Å². The average molecular weight is 345 g/mol. The Morgan fingerprint density at radius 2 is 1.71 bits per heavy atom. The zero-order chi connectivity index (χ0) is 17.7. The van der Waals surface area contributed by atoms with Gasteiger partial charge in [0.05, 0.1) is 6.04 Å². The molecular formula is C19H21ClN2O2. The molecule has 0 aliphatic carbocycles. The maximum Gasteiger partial charge on any atom is 0.251 e. The molecule has 0 saturated carbocycles. The van der Waals surface area contributed by atoms with Crippen LogP contribution in [-0.4, -0.2) is 17.9 Å². The van der Waals surface area contributed by atoms with Gasteiger partial charge in [0.2, 0.25) is 5.91 Å². The Balaban J connectivity index is 1.97. The molecule has 0 aliphatic heterocycles. The zero-order valence-corrected chi connectivity index (χ0v) is 14.7. The molecule has 0 saturated heterocycles. The summed E-state index contributed by atoms with van der Waals surface area (Å²) in [7, 11) is 0. The van der Waals surface area contributed by atoms with E-state index < -0.39 is 6.04 Å². The first-order chi connectivity index (χ1) is 11.4. The number of hydrogen-bond donors (Lipinski definition) is 2. The minimum atomic E-state index is -0.650. The zero-order valence-electron chi connectivity index (χ0n) is 14.0. The average Bonchev–Trinajstić information content (AvgIpc) is 2.55. The highest BCUT2D eigenvalue weighted by molar-refractivity contribution is 6.31. The Kier molecular flexibility index (Phi) is 5.99. The molecule has 5 heteroatoms. The minimum Gasteiger partial charge on any atom is -0.348 e. The van der Waals surface area contributed by atoms with Gasteiger partial charge in [0.25, 0.3) is 5.91 Å². The third-order valence-electron chi connectivity index (χ3n) is 3.75. The highest BCUT2D eigenvalue weighted by Crippen LogP contribution is 2.22. The molecule has 0 bridgehead atoms. The summed E-state index contributed by atoms with van der Waals surface area (Å²) in [4.78, 5) is 24.5. The van der Waals surface area contributed by atoms with E-state index in [1.165, 1.54) is 0 Å². The molecule has 0 spiro atoms. The van der Waals surface area contributed by atoms with Gasteiger partial charge in [-0.05, 0) is 44.5 Å². The second-order valence-corrected chi connectivity index (χ2v) is 6.22. The summed E-state index contributed by atoms with van der Waals surface area (Å²) in [5.74, 6) is -0.532. The van der Waals surface area contributed by atoms with Gasteiger partial charge in [-0.15, -0.1) is 0 Å². The Bertz CT molecular complexity index is 746. The van der Waals surface area contributed by atoms with Gasteiger partial charge in [0.1, 0.15) is 6.04 Å². The molecule has 2 unspecified atom stereocenters. The molecule has 2 aromatic rings. The Morgan fingerprint density at radius 3 is 2.38 bits per heavy atom. The lowest BCUT2D eigenvalue weighted by atomic mass is 10.1. The van der Waals surface area contributed by atoms with E-state index in [1.54, 1.807) is 25.1 Å². The highest BCUT2D eigenvalue weighted by Gasteiger charge is 2.19. The largest absolute Gasteiger partial charge is 0.348 e. The molecule has 4 nitrogen and oxygen atoms in total. The van der Waals surface area contributed by atoms with Gasteiger partial charge in [-0.25, -0.2) is 0 Å². The Hall–Kier alpha value is -2.33. The number of nitrogens with one attached hydrogen (secondary N) is 2. The molecule has 0 fully saturated rings. The second kappa shape index (κ2) is 7.97. The summed E-state index contributed by atoms with van der Waals surface area (Å²) < 4.78 is 0. The number of carbonyl (C=O) groups is 2. The molecule has 0 aromatic heterocycles. The van der Waals surface area contributed by atoms with Crippen molar-refractivity contribution in [3.05, 3.63) is 70.2 Å². The van der Waals surface area contributed by atoms with Crippen LogP contribution in [0.4, 0.5) is 0 Å². The van der Waals surface area contributed by atoms with Gasteiger partial charge in [0, 0.05) is 10.6 Å². The number of hydrogen-bond acceptors (Lipinski definition) is 2. The summed E-state index contributed by atoms with van der Waals surface area (Å²) in [6.45, 7) is 5.43. The van der Waals surface area contributed by atoms with Crippen LogP contribution in [0, 0.1) is 6.92 Å². The van der Waals surface area contributed by atoms with E-state index in [0.717, 1.165) is 11.1 Å². The first-order valence-electron chi connectivity index (χ1n) is 7.81. The molecule has 2 amide bonds. The van der Waals surface area contributed by atoms with Crippen LogP contribution < -0.4 is 10.6 Å². The van der Waals surface area contributed by atoms with E-state index >= 15 is 0 Å². The van der Waals surface area contributed by atoms with Gasteiger partial charge >= 0.3 is 0 Å². The normalized spacial score (nSPS) is 13.0.